The van der Waals surface area contributed by atoms with E-state index >= 15 is 0 Å². The summed E-state index contributed by atoms with van der Waals surface area (Å²) in [5, 5.41) is 27.1. The van der Waals surface area contributed by atoms with Gasteiger partial charge in [-0.25, -0.2) is 0 Å². The molecular weight excluding hydrogens is 182 g/mol. The van der Waals surface area contributed by atoms with E-state index in [1.54, 1.807) is 0 Å². The van der Waals surface area contributed by atoms with E-state index in [0.29, 0.717) is 0 Å². The molecule has 0 spiro atoms. The van der Waals surface area contributed by atoms with Crippen molar-refractivity contribution in [2.45, 2.75) is 6.17 Å². The highest BCUT2D eigenvalue weighted by atomic mass is 16.7. The maximum Gasteiger partial charge on any atom is 0.496 e. The van der Waals surface area contributed by atoms with Crippen LogP contribution in [0.4, 0.5) is 0 Å². The van der Waals surface area contributed by atoms with Crippen molar-refractivity contribution in [1.29, 1.82) is 0 Å². The number of hydrogen-bond donors (Lipinski definition) is 0. The first-order valence-electron chi connectivity index (χ1n) is 3.15. The molecule has 9 heteroatoms. The predicted molar refractivity (Wildman–Crippen MR) is 37.7 cm³/mol. The van der Waals surface area contributed by atoms with E-state index in [9.17, 15) is 20.2 Å². The summed E-state index contributed by atoms with van der Waals surface area (Å²) in [6, 6.07) is 0. The van der Waals surface area contributed by atoms with E-state index < -0.39 is 16.0 Å². The maximum absolute atomic E-state index is 10.2. The zero-order valence-corrected chi connectivity index (χ0v) is 6.52. The molecule has 0 unspecified atom stereocenters. The summed E-state index contributed by atoms with van der Waals surface area (Å²) in [6.45, 7) is 0. The topological polar surface area (TPSA) is 117 Å². The highest BCUT2D eigenvalue weighted by Crippen LogP contribution is 2.12. The van der Waals surface area contributed by atoms with Crippen LogP contribution in [-0.4, -0.2) is 24.8 Å². The molecule has 0 bridgehead atoms. The molecule has 0 aromatic carbocycles. The summed E-state index contributed by atoms with van der Waals surface area (Å²) in [4.78, 5) is 18.4. The van der Waals surface area contributed by atoms with E-state index in [0.717, 1.165) is 10.9 Å². The van der Waals surface area contributed by atoms with Gasteiger partial charge in [0.2, 0.25) is 5.69 Å². The first-order chi connectivity index (χ1) is 6.02. The molecule has 1 rings (SSSR count). The average molecular weight is 187 g/mol. The van der Waals surface area contributed by atoms with Crippen LogP contribution in [0.2, 0.25) is 0 Å². The van der Waals surface area contributed by atoms with E-state index in [-0.39, 0.29) is 5.69 Å². The van der Waals surface area contributed by atoms with E-state index in [1.807, 2.05) is 0 Å². The quantitative estimate of drug-likeness (QED) is 0.353. The number of aryl methyl sites for hydroxylation is 1. The van der Waals surface area contributed by atoms with Gasteiger partial charge in [-0.05, 0) is 0 Å². The largest absolute Gasteiger partial charge is 0.496 e. The zero-order valence-electron chi connectivity index (χ0n) is 6.52. The van der Waals surface area contributed by atoms with Crippen LogP contribution in [0.1, 0.15) is 11.9 Å². The van der Waals surface area contributed by atoms with Crippen molar-refractivity contribution in [2.24, 2.45) is 7.05 Å². The third kappa shape index (κ3) is 1.75. The first kappa shape index (κ1) is 9.03. The molecule has 70 valence electrons. The predicted octanol–water partition coefficient (Wildman–Crippen LogP) is -0.633. The number of nitro groups is 2. The Morgan fingerprint density at radius 1 is 1.46 bits per heavy atom. The summed E-state index contributed by atoms with van der Waals surface area (Å²) in [5.74, 6) is 0. The molecule has 0 fully saturated rings. The second-order valence-electron chi connectivity index (χ2n) is 2.26. The molecule has 0 amide bonds. The van der Waals surface area contributed by atoms with E-state index in [2.05, 4.69) is 10.3 Å². The van der Waals surface area contributed by atoms with Gasteiger partial charge in [0.1, 0.15) is 9.85 Å². The lowest BCUT2D eigenvalue weighted by molar-refractivity contribution is -0.753. The van der Waals surface area contributed by atoms with Crippen LogP contribution in [0.5, 0.6) is 0 Å². The number of aromatic nitrogens is 3. The number of nitrogens with zero attached hydrogens (tertiary/aromatic N) is 5. The van der Waals surface area contributed by atoms with Crippen LogP contribution >= 0.6 is 0 Å². The lowest BCUT2D eigenvalue weighted by atomic mass is 10.4. The SMILES string of the molecule is Cn1cc(C([N+](=O)[O-])[N+](=O)[O-])nn1. The summed E-state index contributed by atoms with van der Waals surface area (Å²) in [6.07, 6.45) is -0.898. The molecule has 1 aromatic heterocycles. The Labute approximate surface area is 71.3 Å². The Balaban J connectivity index is 3.02. The fourth-order valence-electron chi connectivity index (χ4n) is 0.777. The van der Waals surface area contributed by atoms with Crippen molar-refractivity contribution >= 4 is 0 Å². The van der Waals surface area contributed by atoms with Crippen LogP contribution in [0.3, 0.4) is 0 Å². The van der Waals surface area contributed by atoms with Crippen LogP contribution in [0.25, 0.3) is 0 Å². The Morgan fingerprint density at radius 3 is 2.31 bits per heavy atom. The van der Waals surface area contributed by atoms with Gasteiger partial charge in [0.25, 0.3) is 0 Å². The molecule has 0 saturated heterocycles. The van der Waals surface area contributed by atoms with Gasteiger partial charge in [0, 0.05) is 7.05 Å². The Morgan fingerprint density at radius 2 is 2.00 bits per heavy atom. The molecule has 0 atom stereocenters. The molecule has 0 aliphatic carbocycles. The van der Waals surface area contributed by atoms with Crippen molar-refractivity contribution in [1.82, 2.24) is 15.0 Å². The minimum absolute atomic E-state index is 0.280. The number of rotatable bonds is 3. The lowest BCUT2D eigenvalue weighted by Crippen LogP contribution is -2.19. The molecule has 0 aliphatic heterocycles. The summed E-state index contributed by atoms with van der Waals surface area (Å²) < 4.78 is 1.16. The van der Waals surface area contributed by atoms with Gasteiger partial charge >= 0.3 is 6.17 Å². The van der Waals surface area contributed by atoms with Crippen molar-refractivity contribution in [2.75, 3.05) is 0 Å². The minimum atomic E-state index is -2.03. The Bertz CT molecular complexity index is 332. The van der Waals surface area contributed by atoms with Gasteiger partial charge in [-0.3, -0.25) is 24.9 Å². The molecule has 1 aromatic rings. The maximum atomic E-state index is 10.2. The molecule has 9 nitrogen and oxygen atoms in total. The fraction of sp³-hybridized carbons (Fsp3) is 0.500. The zero-order chi connectivity index (χ0) is 10.0. The normalized spacial score (nSPS) is 10.3. The second kappa shape index (κ2) is 3.13. The Hall–Kier alpha value is -2.06. The standard InChI is InChI=1S/C4H5N5O4/c1-7-2-3(5-6-7)4(8(10)11)9(12)13/h2,4H,1H3. The van der Waals surface area contributed by atoms with Gasteiger partial charge in [0.05, 0.1) is 6.20 Å². The Kier molecular flexibility index (Phi) is 2.17. The summed E-state index contributed by atoms with van der Waals surface area (Å²) in [7, 11) is 1.47. The molecule has 0 radical (unpaired) electrons. The molecule has 0 N–H and O–H groups in total. The van der Waals surface area contributed by atoms with Crippen LogP contribution in [-0.2, 0) is 7.05 Å². The second-order valence-corrected chi connectivity index (χ2v) is 2.26. The lowest BCUT2D eigenvalue weighted by Gasteiger charge is -1.95. The van der Waals surface area contributed by atoms with Crippen molar-refractivity contribution in [3.63, 3.8) is 0 Å². The van der Waals surface area contributed by atoms with Crippen LogP contribution in [0.15, 0.2) is 6.20 Å². The van der Waals surface area contributed by atoms with Crippen molar-refractivity contribution < 1.29 is 9.85 Å². The third-order valence-electron chi connectivity index (χ3n) is 1.28. The summed E-state index contributed by atoms with van der Waals surface area (Å²) in [5.41, 5.74) is -0.280. The highest BCUT2D eigenvalue weighted by molar-refractivity contribution is 4.92. The minimum Gasteiger partial charge on any atom is -0.258 e. The molecule has 0 saturated carbocycles. The van der Waals surface area contributed by atoms with Crippen LogP contribution < -0.4 is 0 Å². The third-order valence-corrected chi connectivity index (χ3v) is 1.28. The summed E-state index contributed by atoms with van der Waals surface area (Å²) >= 11 is 0. The smallest absolute Gasteiger partial charge is 0.258 e. The van der Waals surface area contributed by atoms with Gasteiger partial charge in [-0.1, -0.05) is 5.21 Å². The first-order valence-corrected chi connectivity index (χ1v) is 3.15. The van der Waals surface area contributed by atoms with Crippen molar-refractivity contribution in [3.05, 3.63) is 32.1 Å². The average Bonchev–Trinajstić information content (AvgIpc) is 2.34. The number of hydrogen-bond acceptors (Lipinski definition) is 6. The van der Waals surface area contributed by atoms with Gasteiger partial charge in [-0.15, -0.1) is 5.10 Å². The van der Waals surface area contributed by atoms with Crippen LogP contribution in [0, 0.1) is 20.2 Å². The van der Waals surface area contributed by atoms with Gasteiger partial charge < -0.3 is 0 Å². The fourth-order valence-corrected chi connectivity index (χ4v) is 0.777. The van der Waals surface area contributed by atoms with Gasteiger partial charge in [-0.2, -0.15) is 0 Å². The van der Waals surface area contributed by atoms with E-state index in [4.69, 9.17) is 0 Å². The molecular formula is C4H5N5O4. The molecule has 0 aliphatic rings. The monoisotopic (exact) mass is 187 g/mol. The highest BCUT2D eigenvalue weighted by Gasteiger charge is 2.37. The van der Waals surface area contributed by atoms with E-state index in [1.165, 1.54) is 7.05 Å². The van der Waals surface area contributed by atoms with Crippen molar-refractivity contribution in [3.8, 4) is 0 Å². The molecule has 13 heavy (non-hydrogen) atoms. The van der Waals surface area contributed by atoms with Gasteiger partial charge in [0.15, 0.2) is 0 Å². The molecule has 1 heterocycles.